The lowest BCUT2D eigenvalue weighted by atomic mass is 10.3. The summed E-state index contributed by atoms with van der Waals surface area (Å²) >= 11 is 5.90. The molecule has 2 aromatic rings. The fraction of sp³-hybridized carbons (Fsp3) is 0.182. The Morgan fingerprint density at radius 2 is 1.75 bits per heavy atom. The van der Waals surface area contributed by atoms with Crippen molar-refractivity contribution in [3.63, 3.8) is 0 Å². The number of hydrogen-bond acceptors (Lipinski definition) is 1. The van der Waals surface area contributed by atoms with E-state index < -0.39 is 0 Å². The van der Waals surface area contributed by atoms with Gasteiger partial charge in [-0.2, -0.15) is 0 Å². The second kappa shape index (κ2) is 4.76. The normalized spacial score (nSPS) is 9.94. The first-order chi connectivity index (χ1) is 7.13. The van der Waals surface area contributed by atoms with Crippen molar-refractivity contribution in [1.82, 2.24) is 9.36 Å². The molecule has 16 heavy (non-hydrogen) atoms. The van der Waals surface area contributed by atoms with Gasteiger partial charge in [0.1, 0.15) is 5.02 Å². The fourth-order valence-corrected chi connectivity index (χ4v) is 1.74. The van der Waals surface area contributed by atoms with E-state index in [1.165, 1.54) is 0 Å². The molecule has 0 amide bonds. The maximum atomic E-state index is 11.8. The highest BCUT2D eigenvalue weighted by molar-refractivity contribution is 6.31. The van der Waals surface area contributed by atoms with Crippen molar-refractivity contribution in [2.75, 3.05) is 0 Å². The first-order valence-corrected chi connectivity index (χ1v) is 5.00. The lowest BCUT2D eigenvalue weighted by molar-refractivity contribution is 0.630. The van der Waals surface area contributed by atoms with Crippen LogP contribution in [-0.2, 0) is 7.05 Å². The molecule has 0 aliphatic rings. The van der Waals surface area contributed by atoms with Gasteiger partial charge in [0.05, 0.1) is 11.4 Å². The Morgan fingerprint density at radius 3 is 2.19 bits per heavy atom. The molecular formula is C11H12Cl2N2O. The summed E-state index contributed by atoms with van der Waals surface area (Å²) in [6, 6.07) is 9.43. The van der Waals surface area contributed by atoms with Crippen LogP contribution in [0.15, 0.2) is 35.1 Å². The summed E-state index contributed by atoms with van der Waals surface area (Å²) < 4.78 is 3.30. The van der Waals surface area contributed by atoms with Gasteiger partial charge in [-0.15, -0.1) is 12.4 Å². The summed E-state index contributed by atoms with van der Waals surface area (Å²) in [5, 5.41) is 0.279. The summed E-state index contributed by atoms with van der Waals surface area (Å²) in [4.78, 5) is 11.8. The molecule has 0 aliphatic heterocycles. The maximum Gasteiger partial charge on any atom is 0.290 e. The van der Waals surface area contributed by atoms with Gasteiger partial charge in [-0.1, -0.05) is 29.8 Å². The Balaban J connectivity index is 0.00000128. The van der Waals surface area contributed by atoms with Crippen molar-refractivity contribution < 1.29 is 0 Å². The van der Waals surface area contributed by atoms with E-state index >= 15 is 0 Å². The smallest absolute Gasteiger partial charge is 0.284 e. The van der Waals surface area contributed by atoms with Crippen LogP contribution in [0.5, 0.6) is 0 Å². The predicted molar refractivity (Wildman–Crippen MR) is 68.0 cm³/mol. The molecule has 1 heterocycles. The van der Waals surface area contributed by atoms with Gasteiger partial charge in [0, 0.05) is 7.05 Å². The molecule has 0 radical (unpaired) electrons. The highest BCUT2D eigenvalue weighted by Gasteiger charge is 2.13. The van der Waals surface area contributed by atoms with Crippen molar-refractivity contribution in [3.05, 3.63) is 51.4 Å². The van der Waals surface area contributed by atoms with Crippen LogP contribution in [0, 0.1) is 6.92 Å². The summed E-state index contributed by atoms with van der Waals surface area (Å²) in [5.41, 5.74) is 1.41. The SMILES string of the molecule is Cc1c(Cl)c(=O)n(-c2ccccc2)n1C.Cl. The summed E-state index contributed by atoms with van der Waals surface area (Å²) in [7, 11) is 1.82. The monoisotopic (exact) mass is 258 g/mol. The molecule has 0 unspecified atom stereocenters. The third kappa shape index (κ3) is 1.88. The molecule has 0 N–H and O–H groups in total. The minimum absolute atomic E-state index is 0. The number of hydrogen-bond donors (Lipinski definition) is 0. The van der Waals surface area contributed by atoms with Gasteiger partial charge in [0.2, 0.25) is 0 Å². The van der Waals surface area contributed by atoms with Gasteiger partial charge < -0.3 is 0 Å². The lowest BCUT2D eigenvalue weighted by Crippen LogP contribution is -2.19. The van der Waals surface area contributed by atoms with Crippen LogP contribution in [0.4, 0.5) is 0 Å². The minimum Gasteiger partial charge on any atom is -0.284 e. The van der Waals surface area contributed by atoms with Gasteiger partial charge in [0.15, 0.2) is 0 Å². The van der Waals surface area contributed by atoms with Crippen molar-refractivity contribution in [1.29, 1.82) is 0 Å². The molecule has 1 aromatic heterocycles. The minimum atomic E-state index is -0.178. The van der Waals surface area contributed by atoms with E-state index in [0.717, 1.165) is 11.4 Å². The van der Waals surface area contributed by atoms with E-state index in [4.69, 9.17) is 11.6 Å². The van der Waals surface area contributed by atoms with Gasteiger partial charge in [-0.3, -0.25) is 9.48 Å². The largest absolute Gasteiger partial charge is 0.290 e. The maximum absolute atomic E-state index is 11.8. The second-order valence-corrected chi connectivity index (χ2v) is 3.75. The number of nitrogens with zero attached hydrogens (tertiary/aromatic N) is 2. The van der Waals surface area contributed by atoms with Crippen molar-refractivity contribution in [2.24, 2.45) is 7.05 Å². The number of para-hydroxylation sites is 1. The number of aromatic nitrogens is 2. The van der Waals surface area contributed by atoms with Crippen LogP contribution in [0.25, 0.3) is 5.69 Å². The second-order valence-electron chi connectivity index (χ2n) is 3.38. The van der Waals surface area contributed by atoms with Gasteiger partial charge in [-0.25, -0.2) is 4.68 Å². The van der Waals surface area contributed by atoms with E-state index in [1.54, 1.807) is 9.36 Å². The Labute approximate surface area is 105 Å². The van der Waals surface area contributed by atoms with Crippen molar-refractivity contribution in [2.45, 2.75) is 6.92 Å². The van der Waals surface area contributed by atoms with Gasteiger partial charge in [-0.05, 0) is 19.1 Å². The highest BCUT2D eigenvalue weighted by atomic mass is 35.5. The zero-order chi connectivity index (χ0) is 11.0. The number of benzene rings is 1. The summed E-state index contributed by atoms with van der Waals surface area (Å²) in [5.74, 6) is 0. The summed E-state index contributed by atoms with van der Waals surface area (Å²) in [6.07, 6.45) is 0. The van der Waals surface area contributed by atoms with Crippen LogP contribution >= 0.6 is 24.0 Å². The number of halogens is 2. The van der Waals surface area contributed by atoms with Crippen LogP contribution in [0.3, 0.4) is 0 Å². The molecular weight excluding hydrogens is 247 g/mol. The van der Waals surface area contributed by atoms with Crippen molar-refractivity contribution in [3.8, 4) is 5.69 Å². The van der Waals surface area contributed by atoms with Gasteiger partial charge in [0.25, 0.3) is 5.56 Å². The standard InChI is InChI=1S/C11H11ClN2O.ClH/c1-8-10(12)11(15)14(13(8)2)9-6-4-3-5-7-9;/h3-7H,1-2H3;1H. The first kappa shape index (κ1) is 12.9. The number of rotatable bonds is 1. The van der Waals surface area contributed by atoms with E-state index in [-0.39, 0.29) is 23.0 Å². The highest BCUT2D eigenvalue weighted by Crippen LogP contribution is 2.13. The van der Waals surface area contributed by atoms with Crippen molar-refractivity contribution >= 4 is 24.0 Å². The fourth-order valence-electron chi connectivity index (χ4n) is 1.54. The molecule has 0 atom stereocenters. The average Bonchev–Trinajstić information content (AvgIpc) is 2.45. The van der Waals surface area contributed by atoms with Crippen LogP contribution in [0.1, 0.15) is 5.69 Å². The third-order valence-corrected chi connectivity index (χ3v) is 2.92. The Hall–Kier alpha value is -1.19. The first-order valence-electron chi connectivity index (χ1n) is 4.62. The molecule has 0 fully saturated rings. The average molecular weight is 259 g/mol. The third-order valence-electron chi connectivity index (χ3n) is 2.48. The van der Waals surface area contributed by atoms with Crippen LogP contribution in [0.2, 0.25) is 5.02 Å². The molecule has 2 rings (SSSR count). The van der Waals surface area contributed by atoms with Crippen LogP contribution < -0.4 is 5.56 Å². The molecule has 86 valence electrons. The Kier molecular flexibility index (Phi) is 3.83. The van der Waals surface area contributed by atoms with Crippen LogP contribution in [-0.4, -0.2) is 9.36 Å². The lowest BCUT2D eigenvalue weighted by Gasteiger charge is -2.07. The molecule has 5 heteroatoms. The van der Waals surface area contributed by atoms with E-state index in [2.05, 4.69) is 0 Å². The molecule has 0 bridgehead atoms. The molecule has 1 aromatic carbocycles. The zero-order valence-electron chi connectivity index (χ0n) is 8.98. The summed E-state index contributed by atoms with van der Waals surface area (Å²) in [6.45, 7) is 1.82. The molecule has 0 saturated heterocycles. The molecule has 0 aliphatic carbocycles. The van der Waals surface area contributed by atoms with E-state index in [9.17, 15) is 4.79 Å². The molecule has 3 nitrogen and oxygen atoms in total. The Morgan fingerprint density at radius 1 is 1.19 bits per heavy atom. The Bertz CT molecular complexity index is 543. The van der Waals surface area contributed by atoms with E-state index in [0.29, 0.717) is 0 Å². The molecule has 0 spiro atoms. The van der Waals surface area contributed by atoms with Gasteiger partial charge >= 0.3 is 0 Å². The predicted octanol–water partition coefficient (Wildman–Crippen LogP) is 2.56. The molecule has 0 saturated carbocycles. The van der Waals surface area contributed by atoms with E-state index in [1.807, 2.05) is 44.3 Å². The topological polar surface area (TPSA) is 26.9 Å². The quantitative estimate of drug-likeness (QED) is 0.773. The zero-order valence-corrected chi connectivity index (χ0v) is 10.5.